The van der Waals surface area contributed by atoms with Crippen molar-refractivity contribution in [1.82, 2.24) is 4.90 Å². The Morgan fingerprint density at radius 1 is 0.340 bits per heavy atom. The summed E-state index contributed by atoms with van der Waals surface area (Å²) in [4.78, 5) is 23.0. The number of aliphatic hydroxyl groups excluding tert-OH is 1. The summed E-state index contributed by atoms with van der Waals surface area (Å²) in [5.74, 6) is 0. The Balaban J connectivity index is -0.00000193. The molecule has 4 aromatic carbocycles. The van der Waals surface area contributed by atoms with E-state index >= 15 is 0 Å². The van der Waals surface area contributed by atoms with Gasteiger partial charge in [-0.2, -0.15) is 0 Å². The Bertz CT molecular complexity index is 4140. The summed E-state index contributed by atoms with van der Waals surface area (Å²) in [6.45, 7) is -22.4. The predicted molar refractivity (Wildman–Crippen MR) is 620 cm³/mol. The third-order valence-corrected chi connectivity index (χ3v) is 32.3. The molecule has 0 spiro atoms. The van der Waals surface area contributed by atoms with E-state index in [0.717, 1.165) is 64.2 Å². The van der Waals surface area contributed by atoms with Crippen LogP contribution in [0.5, 0.6) is 0 Å². The van der Waals surface area contributed by atoms with Crippen molar-refractivity contribution in [2.45, 2.75) is 437 Å². The molecular formula is C110H195Br2ClI4Li2N2O16P4. The van der Waals surface area contributed by atoms with E-state index < -0.39 is 94.8 Å². The van der Waals surface area contributed by atoms with Crippen LogP contribution in [0.3, 0.4) is 0 Å². The summed E-state index contributed by atoms with van der Waals surface area (Å²) < 4.78 is 220. The van der Waals surface area contributed by atoms with Crippen LogP contribution >= 0.6 is 148 Å². The van der Waals surface area contributed by atoms with E-state index in [9.17, 15) is 28.0 Å². The molecule has 4 aromatic rings. The van der Waals surface area contributed by atoms with Gasteiger partial charge >= 0.3 is 52.5 Å². The standard InChI is InChI=1S/C29H53INO4P.C26H45BrIO4P.C26H44IO4P.C24H41IO.C3H9N.C2H4ClO3P.BrH.2Li/c1-31(2,3)25-27-35-36(32,33)34-26-19-17-15-13-11-9-7-5-4-6-8-10-12-14-16-18-20-28-21-23-29(30)24-22-28;27-22-24-32-33(29,30)31-23-16-14-12-10-8-6-4-2-1-3-5-7-9-11-13-15-17-25-18-20-26(28)21-19-25;27-26-20-18-25(19-21-26)17-15-13-11-9-7-5-3-1-2-4-6-8-10-12-14-16-22-29-32(28)30-23-24-31-32;25-24-20-18-23(19-21-24)17-15-13-11-9-7-5-3-1-2-4-6-8-10-12-14-16-22-26;1-4(2)3;3-7(4)5-1-2-6-7;;;/h21-24H,4-20,25-27H2,1-3H3;18-21H,1-17,22-24H2,(H,29,30);18-21H,1-17,22-24H2;18-21,26H,1-17,22H2;1-3H3;1-2H2;1H;;/q;;;;;;;2*+1/p-2/i1D3,2D3,3D3;;;;1D3,2D3,3D3;;;;. The van der Waals surface area contributed by atoms with Crippen LogP contribution in [0.2, 0.25) is 0 Å². The van der Waals surface area contributed by atoms with Gasteiger partial charge in [0.25, 0.3) is 15.6 Å². The van der Waals surface area contributed by atoms with Crippen molar-refractivity contribution in [2.75, 3.05) is 120 Å². The molecule has 2 atom stereocenters. The molecule has 2 fully saturated rings. The van der Waals surface area contributed by atoms with E-state index in [0.29, 0.717) is 51.4 Å². The number of benzene rings is 4. The maximum absolute atomic E-state index is 12.0. The van der Waals surface area contributed by atoms with Gasteiger partial charge in [-0.15, -0.1) is 0 Å². The van der Waals surface area contributed by atoms with E-state index in [2.05, 4.69) is 221 Å². The molecule has 0 bridgehead atoms. The number of quaternary nitrogens is 1. The van der Waals surface area contributed by atoms with Gasteiger partial charge in [0.2, 0.25) is 0 Å². The molecule has 0 amide bonds. The summed E-state index contributed by atoms with van der Waals surface area (Å²) in [5, 5.41) is 9.22. The second kappa shape index (κ2) is 106. The summed E-state index contributed by atoms with van der Waals surface area (Å²) in [5.41, 5.74) is 5.90. The molecule has 2 saturated heterocycles. The van der Waals surface area contributed by atoms with Crippen molar-refractivity contribution in [2.24, 2.45) is 0 Å². The minimum absolute atomic E-state index is 0. The van der Waals surface area contributed by atoms with Gasteiger partial charge in [-0.3, -0.25) is 31.7 Å². The zero-order chi connectivity index (χ0) is 116. The maximum Gasteiger partial charge on any atom is 1.00 e. The third-order valence-electron chi connectivity index (χ3n) is 24.0. The van der Waals surface area contributed by atoms with Crippen molar-refractivity contribution >= 4 is 148 Å². The van der Waals surface area contributed by atoms with Gasteiger partial charge in [0.15, 0.2) is 0 Å². The number of phosphoric acid groups is 3. The summed E-state index contributed by atoms with van der Waals surface area (Å²) in [7, 11) is -12.1. The molecule has 0 saturated carbocycles. The Morgan fingerprint density at radius 2 is 0.539 bits per heavy atom. The molecule has 2 unspecified atom stereocenters. The average molecular weight is 2660 g/mol. The number of likely N-dealkylation sites (N-methyl/N-ethyl adjacent to an activating group) is 1. The minimum atomic E-state index is -4.85. The van der Waals surface area contributed by atoms with E-state index in [1.165, 1.54) is 403 Å². The maximum atomic E-state index is 12.0. The number of alkyl halides is 1. The Hall–Kier alpha value is 2.60. The number of halogens is 7. The zero-order valence-electron chi connectivity index (χ0n) is 105. The first kappa shape index (κ1) is 116. The van der Waals surface area contributed by atoms with Crippen molar-refractivity contribution in [3.8, 4) is 0 Å². The van der Waals surface area contributed by atoms with Crippen LogP contribution in [-0.2, 0) is 84.7 Å². The first-order valence-corrected chi connectivity index (χ1v) is 65.5. The molecular weight excluding hydrogens is 2450 g/mol. The molecule has 31 heteroatoms. The number of phosphoric ester groups is 3. The van der Waals surface area contributed by atoms with Crippen molar-refractivity contribution < 1.29 is 158 Å². The van der Waals surface area contributed by atoms with Gasteiger partial charge in [0, 0.05) is 49.8 Å². The first-order chi connectivity index (χ1) is 74.0. The molecule has 0 aromatic heterocycles. The number of unbranched alkanes of at least 4 members (excludes halogenated alkanes) is 60. The topological polar surface area (TPSA) is 221 Å². The van der Waals surface area contributed by atoms with Crippen LogP contribution < -0.4 is 64.5 Å². The normalized spacial score (nSPS) is 16.2. The summed E-state index contributed by atoms with van der Waals surface area (Å²) in [6, 6.07) is 35.7. The third kappa shape index (κ3) is 108. The minimum Gasteiger partial charge on any atom is -1.00 e. The molecule has 0 aliphatic carbocycles. The number of hydrogen-bond donors (Lipinski definition) is 1. The van der Waals surface area contributed by atoms with Gasteiger partial charge < -0.3 is 59.4 Å². The van der Waals surface area contributed by atoms with Crippen LogP contribution in [0.4, 0.5) is 0 Å². The van der Waals surface area contributed by atoms with Crippen molar-refractivity contribution in [3.63, 3.8) is 0 Å². The number of nitrogens with zero attached hydrogens (tertiary/aromatic N) is 2. The van der Waals surface area contributed by atoms with E-state index in [1.54, 1.807) is 0 Å². The van der Waals surface area contributed by atoms with Gasteiger partial charge in [-0.1, -0.05) is 424 Å². The summed E-state index contributed by atoms with van der Waals surface area (Å²) in [6.07, 6.45) is 87.3. The Labute approximate surface area is 991 Å². The molecule has 2 heterocycles. The number of aryl methyl sites for hydroxylation is 4. The zero-order valence-corrected chi connectivity index (χ0v) is 103. The quantitative estimate of drug-likeness (QED) is 0.0108. The fraction of sp³-hybridized carbons (Fsp3) is 0.782. The molecule has 0 radical (unpaired) electrons. The van der Waals surface area contributed by atoms with E-state index in [4.69, 9.17) is 63.6 Å². The van der Waals surface area contributed by atoms with Crippen LogP contribution in [-0.4, -0.2) is 134 Å². The van der Waals surface area contributed by atoms with Gasteiger partial charge in [-0.05, 0) is 259 Å². The smallest absolute Gasteiger partial charge is 1.00 e. The molecule has 141 heavy (non-hydrogen) atoms. The average Bonchev–Trinajstić information content (AvgIpc) is 1.64. The molecule has 18 nitrogen and oxygen atoms in total. The molecule has 1 N–H and O–H groups in total. The second-order valence-electron chi connectivity index (χ2n) is 36.7. The fourth-order valence-electron chi connectivity index (χ4n) is 16.0. The van der Waals surface area contributed by atoms with Gasteiger partial charge in [0.05, 0.1) is 86.1 Å². The Kier molecular flexibility index (Phi) is 86.9. The fourth-order valence-corrected chi connectivity index (χ4v) is 21.6. The van der Waals surface area contributed by atoms with E-state index in [-0.39, 0.29) is 74.5 Å². The van der Waals surface area contributed by atoms with Crippen LogP contribution in [0.15, 0.2) is 97.1 Å². The summed E-state index contributed by atoms with van der Waals surface area (Å²) >= 11 is 17.6. The molecule has 6 rings (SSSR count). The second-order valence-corrected chi connectivity index (χ2v) is 49.6. The van der Waals surface area contributed by atoms with Crippen LogP contribution in [0.25, 0.3) is 0 Å². The van der Waals surface area contributed by atoms with Crippen LogP contribution in [0.1, 0.15) is 458 Å². The van der Waals surface area contributed by atoms with Crippen LogP contribution in [0, 0.1) is 14.3 Å². The largest absolute Gasteiger partial charge is 1.00 e. The monoisotopic (exact) mass is 2660 g/mol. The van der Waals surface area contributed by atoms with Crippen molar-refractivity contribution in [3.05, 3.63) is 134 Å². The van der Waals surface area contributed by atoms with Gasteiger partial charge in [0.1, 0.15) is 13.2 Å². The Morgan fingerprint density at radius 3 is 0.738 bits per heavy atom. The number of aliphatic hydroxyl groups is 1. The molecule has 2 aliphatic heterocycles. The SMILES string of the molecule is O=P([O-])(OCCBr)OCCCCCCCCCCCCCCCCCCc1ccc(I)cc1.O=P1(Cl)OCCO1.O=P1(OCCCCCCCCCCCCCCCCCCc2ccc(I)cc2)OCCO1.OCCCCCCCCCCCCCCCCCCc1ccc(I)cc1.[2H]C([2H])([2H])N(C([2H])([2H])[2H])C([2H])([2H])[2H].[2H]C([2H])([2H])[N+](CCOP(=O)([O-])OCCCCCCCCCCCCCCCCCCc1ccc(I)cc1)(C([2H])([2H])[2H])C([2H])([2H])[2H].[Br-].[Li+].[Li+]. The number of rotatable bonds is 85. The van der Waals surface area contributed by atoms with Gasteiger partial charge in [-0.25, -0.2) is 9.13 Å². The molecule has 2 aliphatic rings. The van der Waals surface area contributed by atoms with E-state index in [1.807, 2.05) is 0 Å². The van der Waals surface area contributed by atoms with Crippen molar-refractivity contribution in [1.29, 1.82) is 0 Å². The number of hydrogen-bond acceptors (Lipinski definition) is 17. The predicted octanol–water partition coefficient (Wildman–Crippen LogP) is 27.1. The molecule has 812 valence electrons. The first-order valence-electron chi connectivity index (χ1n) is 62.2.